The number of rotatable bonds is 5. The van der Waals surface area contributed by atoms with Gasteiger partial charge in [0, 0.05) is 37.9 Å². The van der Waals surface area contributed by atoms with Crippen molar-refractivity contribution in [2.75, 3.05) is 36.0 Å². The molecule has 0 saturated carbocycles. The van der Waals surface area contributed by atoms with Crippen molar-refractivity contribution >= 4 is 29.2 Å². The van der Waals surface area contributed by atoms with Crippen molar-refractivity contribution in [2.24, 2.45) is 0 Å². The Morgan fingerprint density at radius 2 is 1.86 bits per heavy atom. The van der Waals surface area contributed by atoms with Crippen LogP contribution in [0.5, 0.6) is 0 Å². The summed E-state index contributed by atoms with van der Waals surface area (Å²) >= 11 is 0. The van der Waals surface area contributed by atoms with Gasteiger partial charge in [0.15, 0.2) is 0 Å². The number of ether oxygens (including phenoxy) is 2. The van der Waals surface area contributed by atoms with Gasteiger partial charge in [0.1, 0.15) is 6.10 Å². The summed E-state index contributed by atoms with van der Waals surface area (Å²) in [5.74, 6) is -2.30. The number of carbonyl (C=O) groups excluding carboxylic acids is 2. The predicted octanol–water partition coefficient (Wildman–Crippen LogP) is 1.73. The number of benzene rings is 1. The first-order valence-corrected chi connectivity index (χ1v) is 9.54. The molecule has 8 heteroatoms. The van der Waals surface area contributed by atoms with Gasteiger partial charge in [0.2, 0.25) is 12.0 Å². The minimum Gasteiger partial charge on any atom is -0.478 e. The summed E-state index contributed by atoms with van der Waals surface area (Å²) in [5.41, 5.74) is 2.91. The topological polar surface area (TPSA) is 96.4 Å². The molecule has 0 aromatic heterocycles. The SMILES string of the molecule is CC(=O)O[C@@H](C(=O)O)[C@@H]1CC(=O)N(c2cc(C)cc(N3CCCC3)c2)CCO1. The Balaban J connectivity index is 1.80. The zero-order valence-electron chi connectivity index (χ0n) is 16.2. The summed E-state index contributed by atoms with van der Waals surface area (Å²) in [6.07, 6.45) is -0.361. The zero-order chi connectivity index (χ0) is 20.3. The van der Waals surface area contributed by atoms with E-state index in [2.05, 4.69) is 11.0 Å². The second-order valence-electron chi connectivity index (χ2n) is 7.25. The monoisotopic (exact) mass is 390 g/mol. The molecule has 2 aliphatic heterocycles. The van der Waals surface area contributed by atoms with Crippen LogP contribution in [-0.2, 0) is 23.9 Å². The number of carboxylic acid groups (broad SMARTS) is 1. The number of anilines is 2. The Hall–Kier alpha value is -2.61. The molecule has 1 N–H and O–H groups in total. The average Bonchev–Trinajstić information content (AvgIpc) is 3.09. The van der Waals surface area contributed by atoms with Crippen molar-refractivity contribution in [3.05, 3.63) is 23.8 Å². The first-order valence-electron chi connectivity index (χ1n) is 9.54. The van der Waals surface area contributed by atoms with Crippen LogP contribution in [0.2, 0.25) is 0 Å². The minimum absolute atomic E-state index is 0.161. The molecular weight excluding hydrogens is 364 g/mol. The van der Waals surface area contributed by atoms with Gasteiger partial charge in [-0.25, -0.2) is 4.79 Å². The molecule has 28 heavy (non-hydrogen) atoms. The van der Waals surface area contributed by atoms with E-state index in [9.17, 15) is 19.5 Å². The van der Waals surface area contributed by atoms with Gasteiger partial charge in [-0.2, -0.15) is 0 Å². The lowest BCUT2D eigenvalue weighted by atomic mass is 10.1. The second kappa shape index (κ2) is 8.60. The zero-order valence-corrected chi connectivity index (χ0v) is 16.2. The number of hydrogen-bond acceptors (Lipinski definition) is 6. The van der Waals surface area contributed by atoms with Gasteiger partial charge in [-0.05, 0) is 43.5 Å². The average molecular weight is 390 g/mol. The molecule has 152 valence electrons. The number of esters is 1. The van der Waals surface area contributed by atoms with Crippen LogP contribution < -0.4 is 9.80 Å². The molecule has 8 nitrogen and oxygen atoms in total. The van der Waals surface area contributed by atoms with Gasteiger partial charge in [0.05, 0.1) is 13.0 Å². The molecule has 0 spiro atoms. The van der Waals surface area contributed by atoms with Gasteiger partial charge in [-0.1, -0.05) is 0 Å². The lowest BCUT2D eigenvalue weighted by Crippen LogP contribution is -2.41. The van der Waals surface area contributed by atoms with Crippen molar-refractivity contribution in [3.8, 4) is 0 Å². The van der Waals surface area contributed by atoms with E-state index < -0.39 is 24.1 Å². The van der Waals surface area contributed by atoms with Crippen LogP contribution in [-0.4, -0.2) is 61.4 Å². The van der Waals surface area contributed by atoms with E-state index in [4.69, 9.17) is 9.47 Å². The predicted molar refractivity (Wildman–Crippen MR) is 103 cm³/mol. The Morgan fingerprint density at radius 1 is 1.18 bits per heavy atom. The molecule has 0 bridgehead atoms. The first kappa shape index (κ1) is 20.1. The fraction of sp³-hybridized carbons (Fsp3) is 0.550. The summed E-state index contributed by atoms with van der Waals surface area (Å²) in [6.45, 7) is 5.60. The molecule has 3 rings (SSSR count). The lowest BCUT2D eigenvalue weighted by Gasteiger charge is -2.25. The van der Waals surface area contributed by atoms with Crippen molar-refractivity contribution in [1.29, 1.82) is 0 Å². The van der Waals surface area contributed by atoms with Crippen LogP contribution in [0.15, 0.2) is 18.2 Å². The normalized spacial score (nSPS) is 21.4. The molecule has 2 fully saturated rings. The summed E-state index contributed by atoms with van der Waals surface area (Å²) in [6, 6.07) is 6.05. The fourth-order valence-corrected chi connectivity index (χ4v) is 3.75. The Bertz CT molecular complexity index is 759. The van der Waals surface area contributed by atoms with Crippen LogP contribution >= 0.6 is 0 Å². The van der Waals surface area contributed by atoms with Crippen LogP contribution in [0.1, 0.15) is 31.7 Å². The number of amides is 1. The van der Waals surface area contributed by atoms with Crippen LogP contribution in [0, 0.1) is 6.92 Å². The molecule has 0 aliphatic carbocycles. The third-order valence-corrected chi connectivity index (χ3v) is 5.03. The van der Waals surface area contributed by atoms with Gasteiger partial charge in [-0.15, -0.1) is 0 Å². The van der Waals surface area contributed by atoms with E-state index in [-0.39, 0.29) is 18.9 Å². The highest BCUT2D eigenvalue weighted by Crippen LogP contribution is 2.29. The van der Waals surface area contributed by atoms with Gasteiger partial charge >= 0.3 is 11.9 Å². The standard InChI is InChI=1S/C20H26N2O6/c1-13-9-15(21-5-3-4-6-21)11-16(10-13)22-7-8-27-17(12-18(22)24)19(20(25)26)28-14(2)23/h9-11,17,19H,3-8,12H2,1-2H3,(H,25,26)/t17-,19+/m0/s1. The number of hydrogen-bond donors (Lipinski definition) is 1. The molecule has 0 radical (unpaired) electrons. The highest BCUT2D eigenvalue weighted by molar-refractivity contribution is 5.95. The molecular formula is C20H26N2O6. The quantitative estimate of drug-likeness (QED) is 0.765. The minimum atomic E-state index is -1.50. The lowest BCUT2D eigenvalue weighted by molar-refractivity contribution is -0.173. The molecule has 2 heterocycles. The van der Waals surface area contributed by atoms with Crippen molar-refractivity contribution < 1.29 is 29.0 Å². The number of carboxylic acids is 1. The summed E-state index contributed by atoms with van der Waals surface area (Å²) < 4.78 is 10.4. The summed E-state index contributed by atoms with van der Waals surface area (Å²) in [7, 11) is 0. The second-order valence-corrected chi connectivity index (χ2v) is 7.25. The maximum absolute atomic E-state index is 12.9. The Morgan fingerprint density at radius 3 is 2.50 bits per heavy atom. The molecule has 1 aromatic carbocycles. The van der Waals surface area contributed by atoms with Crippen LogP contribution in [0.25, 0.3) is 0 Å². The van der Waals surface area contributed by atoms with E-state index in [0.29, 0.717) is 6.54 Å². The third-order valence-electron chi connectivity index (χ3n) is 5.03. The summed E-state index contributed by atoms with van der Waals surface area (Å²) in [5, 5.41) is 9.34. The van der Waals surface area contributed by atoms with Gasteiger partial charge in [-0.3, -0.25) is 9.59 Å². The van der Waals surface area contributed by atoms with Gasteiger partial charge < -0.3 is 24.4 Å². The van der Waals surface area contributed by atoms with Crippen molar-refractivity contribution in [1.82, 2.24) is 0 Å². The van der Waals surface area contributed by atoms with E-state index in [1.165, 1.54) is 0 Å². The fourth-order valence-electron chi connectivity index (χ4n) is 3.75. The molecule has 2 saturated heterocycles. The highest BCUT2D eigenvalue weighted by Gasteiger charge is 2.37. The maximum Gasteiger partial charge on any atom is 0.347 e. The van der Waals surface area contributed by atoms with Crippen molar-refractivity contribution in [2.45, 2.75) is 45.3 Å². The highest BCUT2D eigenvalue weighted by atomic mass is 16.6. The maximum atomic E-state index is 12.9. The molecule has 0 unspecified atom stereocenters. The van der Waals surface area contributed by atoms with E-state index in [0.717, 1.165) is 49.8 Å². The molecule has 2 atom stereocenters. The smallest absolute Gasteiger partial charge is 0.347 e. The van der Waals surface area contributed by atoms with Crippen molar-refractivity contribution in [3.63, 3.8) is 0 Å². The number of nitrogens with zero attached hydrogens (tertiary/aromatic N) is 2. The molecule has 1 aromatic rings. The largest absolute Gasteiger partial charge is 0.478 e. The van der Waals surface area contributed by atoms with E-state index in [1.807, 2.05) is 19.1 Å². The Kier molecular flexibility index (Phi) is 6.18. The van der Waals surface area contributed by atoms with E-state index >= 15 is 0 Å². The van der Waals surface area contributed by atoms with E-state index in [1.54, 1.807) is 4.90 Å². The molecule has 2 aliphatic rings. The third kappa shape index (κ3) is 4.62. The number of aliphatic carboxylic acids is 1. The number of carbonyl (C=O) groups is 3. The van der Waals surface area contributed by atoms with Crippen LogP contribution in [0.3, 0.4) is 0 Å². The van der Waals surface area contributed by atoms with Crippen LogP contribution in [0.4, 0.5) is 11.4 Å². The molecule has 1 amide bonds. The summed E-state index contributed by atoms with van der Waals surface area (Å²) in [4.78, 5) is 39.5. The number of aryl methyl sites for hydroxylation is 1. The Labute approximate surface area is 164 Å². The van der Waals surface area contributed by atoms with Gasteiger partial charge in [0.25, 0.3) is 0 Å². The first-order chi connectivity index (χ1) is 13.3.